The van der Waals surface area contributed by atoms with Crippen LogP contribution in [-0.4, -0.2) is 4.98 Å². The molecule has 0 radical (unpaired) electrons. The molecular formula is C19H19NS. The SMILES string of the molecule is Cc1csc(-c2[nH]c(-c3ccccc3)c3c2CCCC3)c1. The van der Waals surface area contributed by atoms with Gasteiger partial charge in [-0.3, -0.25) is 0 Å². The van der Waals surface area contributed by atoms with Crippen molar-refractivity contribution in [3.63, 3.8) is 0 Å². The summed E-state index contributed by atoms with van der Waals surface area (Å²) >= 11 is 1.85. The van der Waals surface area contributed by atoms with E-state index in [2.05, 4.69) is 53.7 Å². The van der Waals surface area contributed by atoms with Crippen molar-refractivity contribution in [2.45, 2.75) is 32.6 Å². The van der Waals surface area contributed by atoms with Gasteiger partial charge in [-0.15, -0.1) is 11.3 Å². The number of aryl methyl sites for hydroxylation is 1. The quantitative estimate of drug-likeness (QED) is 0.633. The van der Waals surface area contributed by atoms with Crippen molar-refractivity contribution in [2.75, 3.05) is 0 Å². The molecule has 2 heteroatoms. The summed E-state index contributed by atoms with van der Waals surface area (Å²) in [5, 5.41) is 2.24. The van der Waals surface area contributed by atoms with Crippen LogP contribution in [0.5, 0.6) is 0 Å². The number of benzene rings is 1. The van der Waals surface area contributed by atoms with Gasteiger partial charge in [-0.2, -0.15) is 0 Å². The molecule has 2 aromatic heterocycles. The average molecular weight is 293 g/mol. The zero-order chi connectivity index (χ0) is 14.2. The largest absolute Gasteiger partial charge is 0.353 e. The molecule has 0 atom stereocenters. The smallest absolute Gasteiger partial charge is 0.0595 e. The summed E-state index contributed by atoms with van der Waals surface area (Å²) in [6.07, 6.45) is 5.05. The highest BCUT2D eigenvalue weighted by atomic mass is 32.1. The molecule has 0 fully saturated rings. The lowest BCUT2D eigenvalue weighted by molar-refractivity contribution is 0.692. The highest BCUT2D eigenvalue weighted by Crippen LogP contribution is 2.39. The van der Waals surface area contributed by atoms with Crippen molar-refractivity contribution in [3.8, 4) is 21.8 Å². The van der Waals surface area contributed by atoms with Crippen molar-refractivity contribution in [2.24, 2.45) is 0 Å². The number of fused-ring (bicyclic) bond motifs is 1. The maximum atomic E-state index is 3.75. The predicted octanol–water partition coefficient (Wildman–Crippen LogP) is 5.60. The molecule has 2 heterocycles. The van der Waals surface area contributed by atoms with Crippen molar-refractivity contribution >= 4 is 11.3 Å². The Morgan fingerprint density at radius 2 is 1.67 bits per heavy atom. The molecule has 1 nitrogen and oxygen atoms in total. The van der Waals surface area contributed by atoms with Gasteiger partial charge < -0.3 is 4.98 Å². The molecule has 106 valence electrons. The highest BCUT2D eigenvalue weighted by molar-refractivity contribution is 7.13. The Labute approximate surface area is 129 Å². The van der Waals surface area contributed by atoms with E-state index in [9.17, 15) is 0 Å². The highest BCUT2D eigenvalue weighted by Gasteiger charge is 2.22. The molecule has 0 unspecified atom stereocenters. The molecule has 0 amide bonds. The lowest BCUT2D eigenvalue weighted by Gasteiger charge is -2.13. The van der Waals surface area contributed by atoms with E-state index in [1.165, 1.54) is 53.1 Å². The van der Waals surface area contributed by atoms with Gasteiger partial charge in [0.1, 0.15) is 0 Å². The number of hydrogen-bond acceptors (Lipinski definition) is 1. The minimum atomic E-state index is 1.21. The fourth-order valence-corrected chi connectivity index (χ4v) is 4.28. The van der Waals surface area contributed by atoms with E-state index in [1.54, 1.807) is 11.1 Å². The first-order valence-electron chi connectivity index (χ1n) is 7.67. The summed E-state index contributed by atoms with van der Waals surface area (Å²) < 4.78 is 0. The van der Waals surface area contributed by atoms with E-state index in [0.717, 1.165) is 0 Å². The standard InChI is InChI=1S/C19H19NS/c1-13-11-17(21-12-13)19-16-10-6-5-9-15(16)18(20-19)14-7-3-2-4-8-14/h2-4,7-8,11-12,20H,5-6,9-10H2,1H3. The van der Waals surface area contributed by atoms with Crippen molar-refractivity contribution in [1.82, 2.24) is 4.98 Å². The van der Waals surface area contributed by atoms with E-state index >= 15 is 0 Å². The molecule has 1 N–H and O–H groups in total. The molecule has 0 aliphatic heterocycles. The molecule has 0 bridgehead atoms. The first-order chi connectivity index (χ1) is 10.3. The molecule has 0 spiro atoms. The molecule has 1 aliphatic rings. The number of nitrogens with one attached hydrogen (secondary N) is 1. The normalized spacial score (nSPS) is 14.1. The summed E-state index contributed by atoms with van der Waals surface area (Å²) in [4.78, 5) is 5.13. The summed E-state index contributed by atoms with van der Waals surface area (Å²) in [6.45, 7) is 2.17. The van der Waals surface area contributed by atoms with E-state index in [4.69, 9.17) is 0 Å². The Bertz CT molecular complexity index is 764. The summed E-state index contributed by atoms with van der Waals surface area (Å²) in [6, 6.07) is 13.1. The van der Waals surface area contributed by atoms with Gasteiger partial charge >= 0.3 is 0 Å². The van der Waals surface area contributed by atoms with Gasteiger partial charge in [0.05, 0.1) is 10.6 Å². The van der Waals surface area contributed by atoms with E-state index in [0.29, 0.717) is 0 Å². The second kappa shape index (κ2) is 5.19. The second-order valence-corrected chi connectivity index (χ2v) is 6.80. The third kappa shape index (κ3) is 2.24. The zero-order valence-electron chi connectivity index (χ0n) is 12.3. The van der Waals surface area contributed by atoms with E-state index in [-0.39, 0.29) is 0 Å². The van der Waals surface area contributed by atoms with Gasteiger partial charge in [0.2, 0.25) is 0 Å². The molecule has 0 saturated heterocycles. The lowest BCUT2D eigenvalue weighted by atomic mass is 9.90. The van der Waals surface area contributed by atoms with Crippen LogP contribution in [-0.2, 0) is 12.8 Å². The maximum Gasteiger partial charge on any atom is 0.0595 e. The van der Waals surface area contributed by atoms with Crippen LogP contribution >= 0.6 is 11.3 Å². The van der Waals surface area contributed by atoms with E-state index in [1.807, 2.05) is 11.3 Å². The first-order valence-corrected chi connectivity index (χ1v) is 8.55. The molecular weight excluding hydrogens is 274 g/mol. The molecule has 3 aromatic rings. The number of H-pyrrole nitrogens is 1. The van der Waals surface area contributed by atoms with Crippen LogP contribution in [0.2, 0.25) is 0 Å². The van der Waals surface area contributed by atoms with Crippen LogP contribution in [0, 0.1) is 6.92 Å². The van der Waals surface area contributed by atoms with Gasteiger partial charge in [-0.1, -0.05) is 30.3 Å². The predicted molar refractivity (Wildman–Crippen MR) is 90.9 cm³/mol. The fourth-order valence-electron chi connectivity index (χ4n) is 3.36. The number of aromatic nitrogens is 1. The first kappa shape index (κ1) is 12.9. The van der Waals surface area contributed by atoms with Crippen molar-refractivity contribution < 1.29 is 0 Å². The Hall–Kier alpha value is -1.80. The van der Waals surface area contributed by atoms with Crippen LogP contribution in [0.15, 0.2) is 41.8 Å². The van der Waals surface area contributed by atoms with Gasteiger partial charge in [0.15, 0.2) is 0 Å². The topological polar surface area (TPSA) is 15.8 Å². The van der Waals surface area contributed by atoms with Gasteiger partial charge in [-0.05, 0) is 66.3 Å². The second-order valence-electron chi connectivity index (χ2n) is 5.89. The zero-order valence-corrected chi connectivity index (χ0v) is 13.1. The van der Waals surface area contributed by atoms with Gasteiger partial charge in [0.25, 0.3) is 0 Å². The van der Waals surface area contributed by atoms with Crippen LogP contribution in [0.25, 0.3) is 21.8 Å². The lowest BCUT2D eigenvalue weighted by Crippen LogP contribution is -2.01. The number of rotatable bonds is 2. The fraction of sp³-hybridized carbons (Fsp3) is 0.263. The number of thiophene rings is 1. The third-order valence-corrected chi connectivity index (χ3v) is 5.43. The van der Waals surface area contributed by atoms with Gasteiger partial charge in [-0.25, -0.2) is 0 Å². The molecule has 1 aromatic carbocycles. The van der Waals surface area contributed by atoms with E-state index < -0.39 is 0 Å². The number of hydrogen-bond donors (Lipinski definition) is 1. The average Bonchev–Trinajstić information content (AvgIpc) is 3.12. The van der Waals surface area contributed by atoms with Crippen molar-refractivity contribution in [3.05, 3.63) is 58.5 Å². The molecule has 4 rings (SSSR count). The Balaban J connectivity index is 1.91. The minimum absolute atomic E-state index is 1.21. The molecule has 21 heavy (non-hydrogen) atoms. The van der Waals surface area contributed by atoms with Crippen LogP contribution < -0.4 is 0 Å². The molecule has 0 saturated carbocycles. The van der Waals surface area contributed by atoms with Crippen molar-refractivity contribution in [1.29, 1.82) is 0 Å². The Morgan fingerprint density at radius 1 is 0.952 bits per heavy atom. The molecule has 1 aliphatic carbocycles. The Kier molecular flexibility index (Phi) is 3.19. The van der Waals surface area contributed by atoms with Crippen LogP contribution in [0.3, 0.4) is 0 Å². The Morgan fingerprint density at radius 3 is 2.33 bits per heavy atom. The summed E-state index contributed by atoms with van der Waals surface area (Å²) in [7, 11) is 0. The van der Waals surface area contributed by atoms with Gasteiger partial charge in [0, 0.05) is 5.69 Å². The minimum Gasteiger partial charge on any atom is -0.353 e. The summed E-state index contributed by atoms with van der Waals surface area (Å²) in [5.74, 6) is 0. The third-order valence-electron chi connectivity index (χ3n) is 4.36. The van der Waals surface area contributed by atoms with Crippen LogP contribution in [0.4, 0.5) is 0 Å². The maximum absolute atomic E-state index is 3.75. The summed E-state index contributed by atoms with van der Waals surface area (Å²) in [5.41, 5.74) is 8.48. The monoisotopic (exact) mass is 293 g/mol. The van der Waals surface area contributed by atoms with Crippen LogP contribution in [0.1, 0.15) is 29.5 Å². The number of aromatic amines is 1.